The number of hydrogen-bond acceptors (Lipinski definition) is 4. The van der Waals surface area contributed by atoms with Crippen molar-refractivity contribution in [2.75, 3.05) is 26.4 Å². The summed E-state index contributed by atoms with van der Waals surface area (Å²) in [5, 5.41) is 4.33. The van der Waals surface area contributed by atoms with Crippen molar-refractivity contribution in [2.24, 2.45) is 0 Å². The van der Waals surface area contributed by atoms with Crippen LogP contribution >= 0.6 is 0 Å². The lowest BCUT2D eigenvalue weighted by Crippen LogP contribution is -2.37. The molecule has 0 spiro atoms. The maximum atomic E-state index is 12.0. The molecule has 0 radical (unpaired) electrons. The summed E-state index contributed by atoms with van der Waals surface area (Å²) in [4.78, 5) is 15.0. The van der Waals surface area contributed by atoms with Crippen LogP contribution in [0, 0.1) is 6.92 Å². The van der Waals surface area contributed by atoms with Crippen LogP contribution in [0.4, 0.5) is 0 Å². The Labute approximate surface area is 123 Å². The highest BCUT2D eigenvalue weighted by Crippen LogP contribution is 2.13. The van der Waals surface area contributed by atoms with E-state index < -0.39 is 0 Å². The van der Waals surface area contributed by atoms with Crippen LogP contribution in [0.2, 0.25) is 0 Å². The molecule has 1 saturated heterocycles. The number of ether oxygens (including phenoxy) is 2. The van der Waals surface area contributed by atoms with Gasteiger partial charge in [0.05, 0.1) is 25.9 Å². The lowest BCUT2D eigenvalue weighted by atomic mass is 10.1. The van der Waals surface area contributed by atoms with Gasteiger partial charge in [-0.15, -0.1) is 0 Å². The van der Waals surface area contributed by atoms with Crippen LogP contribution in [0.5, 0.6) is 0 Å². The van der Waals surface area contributed by atoms with Crippen LogP contribution in [-0.4, -0.2) is 37.5 Å². The second kappa shape index (κ2) is 6.39. The number of H-pyrrole nitrogens is 1. The quantitative estimate of drug-likeness (QED) is 0.891. The predicted octanol–water partition coefficient (Wildman–Crippen LogP) is 1.34. The maximum absolute atomic E-state index is 12.0. The first kappa shape index (κ1) is 14.3. The minimum Gasteiger partial charge on any atom is -0.376 e. The Hall–Kier alpha value is -1.69. The highest BCUT2D eigenvalue weighted by molar-refractivity contribution is 5.79. The molecule has 5 nitrogen and oxygen atoms in total. The van der Waals surface area contributed by atoms with E-state index in [2.05, 4.69) is 16.4 Å². The van der Waals surface area contributed by atoms with E-state index in [4.69, 9.17) is 9.47 Å². The van der Waals surface area contributed by atoms with Crippen molar-refractivity contribution in [1.82, 2.24) is 10.3 Å². The van der Waals surface area contributed by atoms with Crippen LogP contribution in [-0.2, 0) is 16.0 Å². The second-order valence-corrected chi connectivity index (χ2v) is 5.41. The smallest absolute Gasteiger partial charge is 0.252 e. The molecule has 1 unspecified atom stereocenters. The summed E-state index contributed by atoms with van der Waals surface area (Å²) >= 11 is 0. The largest absolute Gasteiger partial charge is 0.376 e. The van der Waals surface area contributed by atoms with E-state index in [1.165, 1.54) is 5.56 Å². The number of aryl methyl sites for hydroxylation is 1. The third kappa shape index (κ3) is 3.50. The number of aromatic amines is 1. The molecule has 2 N–H and O–H groups in total. The number of aromatic nitrogens is 1. The molecule has 3 rings (SSSR count). The standard InChI is InChI=1S/C16H20N2O3/c1-11-2-3-15-12(6-11)7-13(16(19)18-15)8-17-9-14-10-20-4-5-21-14/h2-3,6-7,14,17H,4-5,8-10H2,1H3,(H,18,19). The Morgan fingerprint density at radius 1 is 1.33 bits per heavy atom. The van der Waals surface area contributed by atoms with E-state index in [0.717, 1.165) is 16.5 Å². The third-order valence-corrected chi connectivity index (χ3v) is 3.65. The van der Waals surface area contributed by atoms with E-state index in [1.54, 1.807) is 0 Å². The summed E-state index contributed by atoms with van der Waals surface area (Å²) in [6.45, 7) is 5.18. The number of fused-ring (bicyclic) bond motifs is 1. The molecule has 1 aromatic heterocycles. The van der Waals surface area contributed by atoms with Crippen molar-refractivity contribution < 1.29 is 9.47 Å². The van der Waals surface area contributed by atoms with E-state index in [9.17, 15) is 4.79 Å². The number of rotatable bonds is 4. The normalized spacial score (nSPS) is 19.0. The second-order valence-electron chi connectivity index (χ2n) is 5.41. The van der Waals surface area contributed by atoms with Gasteiger partial charge in [0.15, 0.2) is 0 Å². The van der Waals surface area contributed by atoms with Crippen molar-refractivity contribution in [3.8, 4) is 0 Å². The van der Waals surface area contributed by atoms with Crippen LogP contribution in [0.1, 0.15) is 11.1 Å². The molecule has 0 aliphatic carbocycles. The van der Waals surface area contributed by atoms with Crippen molar-refractivity contribution >= 4 is 10.9 Å². The summed E-state index contributed by atoms with van der Waals surface area (Å²) in [6.07, 6.45) is 0.0699. The van der Waals surface area contributed by atoms with Gasteiger partial charge in [-0.2, -0.15) is 0 Å². The fourth-order valence-corrected chi connectivity index (χ4v) is 2.52. The maximum Gasteiger partial charge on any atom is 0.252 e. The summed E-state index contributed by atoms with van der Waals surface area (Å²) in [6, 6.07) is 7.96. The Balaban J connectivity index is 1.68. The molecule has 0 saturated carbocycles. The lowest BCUT2D eigenvalue weighted by molar-refractivity contribution is -0.0864. The van der Waals surface area contributed by atoms with Crippen molar-refractivity contribution in [2.45, 2.75) is 19.6 Å². The molecule has 21 heavy (non-hydrogen) atoms. The summed E-state index contributed by atoms with van der Waals surface area (Å²) in [5.74, 6) is 0. The van der Waals surface area contributed by atoms with Crippen LogP contribution in [0.25, 0.3) is 10.9 Å². The van der Waals surface area contributed by atoms with Gasteiger partial charge in [0.2, 0.25) is 0 Å². The summed E-state index contributed by atoms with van der Waals surface area (Å²) < 4.78 is 10.9. The number of nitrogens with one attached hydrogen (secondary N) is 2. The average molecular weight is 288 g/mol. The number of pyridine rings is 1. The molecule has 1 aromatic carbocycles. The van der Waals surface area contributed by atoms with Gasteiger partial charge in [0.25, 0.3) is 5.56 Å². The molecule has 1 aliphatic heterocycles. The van der Waals surface area contributed by atoms with Crippen molar-refractivity contribution in [3.05, 3.63) is 45.7 Å². The minimum absolute atomic E-state index is 0.0420. The fourth-order valence-electron chi connectivity index (χ4n) is 2.52. The molecule has 0 amide bonds. The van der Waals surface area contributed by atoms with Crippen LogP contribution < -0.4 is 10.9 Å². The molecular formula is C16H20N2O3. The topological polar surface area (TPSA) is 63.4 Å². The van der Waals surface area contributed by atoms with Gasteiger partial charge in [-0.05, 0) is 30.5 Å². The molecule has 5 heteroatoms. The zero-order valence-corrected chi connectivity index (χ0v) is 12.1. The highest BCUT2D eigenvalue weighted by atomic mass is 16.6. The monoisotopic (exact) mass is 288 g/mol. The van der Waals surface area contributed by atoms with Gasteiger partial charge in [-0.25, -0.2) is 0 Å². The van der Waals surface area contributed by atoms with Crippen LogP contribution in [0.15, 0.2) is 29.1 Å². The highest BCUT2D eigenvalue weighted by Gasteiger charge is 2.13. The van der Waals surface area contributed by atoms with E-state index in [1.807, 2.05) is 25.1 Å². The zero-order valence-electron chi connectivity index (χ0n) is 12.1. The molecule has 112 valence electrons. The predicted molar refractivity (Wildman–Crippen MR) is 81.6 cm³/mol. The summed E-state index contributed by atoms with van der Waals surface area (Å²) in [5.41, 5.74) is 2.75. The van der Waals surface area contributed by atoms with Crippen molar-refractivity contribution in [1.29, 1.82) is 0 Å². The molecule has 2 heterocycles. The SMILES string of the molecule is Cc1ccc2[nH]c(=O)c(CNCC3COCCO3)cc2c1. The minimum atomic E-state index is -0.0420. The summed E-state index contributed by atoms with van der Waals surface area (Å²) in [7, 11) is 0. The van der Waals surface area contributed by atoms with Gasteiger partial charge in [0, 0.05) is 24.2 Å². The molecule has 1 aliphatic rings. The zero-order chi connectivity index (χ0) is 14.7. The van der Waals surface area contributed by atoms with E-state index in [-0.39, 0.29) is 11.7 Å². The Bertz CT molecular complexity index is 675. The van der Waals surface area contributed by atoms with Gasteiger partial charge >= 0.3 is 0 Å². The van der Waals surface area contributed by atoms with E-state index in [0.29, 0.717) is 32.9 Å². The van der Waals surface area contributed by atoms with Gasteiger partial charge < -0.3 is 19.8 Å². The van der Waals surface area contributed by atoms with Gasteiger partial charge in [0.1, 0.15) is 0 Å². The lowest BCUT2D eigenvalue weighted by Gasteiger charge is -2.23. The first-order chi connectivity index (χ1) is 10.2. The first-order valence-electron chi connectivity index (χ1n) is 7.25. The Morgan fingerprint density at radius 3 is 3.05 bits per heavy atom. The molecule has 2 aromatic rings. The first-order valence-corrected chi connectivity index (χ1v) is 7.25. The average Bonchev–Trinajstić information content (AvgIpc) is 2.49. The van der Waals surface area contributed by atoms with Crippen LogP contribution in [0.3, 0.4) is 0 Å². The van der Waals surface area contributed by atoms with E-state index >= 15 is 0 Å². The van der Waals surface area contributed by atoms with Crippen molar-refractivity contribution in [3.63, 3.8) is 0 Å². The van der Waals surface area contributed by atoms with Gasteiger partial charge in [-0.3, -0.25) is 4.79 Å². The molecule has 1 fully saturated rings. The number of benzene rings is 1. The Morgan fingerprint density at radius 2 is 2.24 bits per heavy atom. The fraction of sp³-hybridized carbons (Fsp3) is 0.438. The number of hydrogen-bond donors (Lipinski definition) is 2. The molecule has 1 atom stereocenters. The third-order valence-electron chi connectivity index (χ3n) is 3.65. The molecular weight excluding hydrogens is 268 g/mol. The Kier molecular flexibility index (Phi) is 4.34. The molecule has 0 bridgehead atoms. The van der Waals surface area contributed by atoms with Gasteiger partial charge in [-0.1, -0.05) is 11.6 Å².